The fourth-order valence-electron chi connectivity index (χ4n) is 3.01. The number of aryl methyl sites for hydroxylation is 1. The first-order valence-electron chi connectivity index (χ1n) is 7.81. The minimum absolute atomic E-state index is 0.121. The smallest absolute Gasteiger partial charge is 0.287 e. The van der Waals surface area contributed by atoms with Gasteiger partial charge >= 0.3 is 0 Å². The van der Waals surface area contributed by atoms with Gasteiger partial charge in [-0.3, -0.25) is 4.79 Å². The molecule has 1 amide bonds. The van der Waals surface area contributed by atoms with E-state index in [0.717, 1.165) is 24.0 Å². The summed E-state index contributed by atoms with van der Waals surface area (Å²) in [4.78, 5) is 12.3. The van der Waals surface area contributed by atoms with Crippen LogP contribution >= 0.6 is 11.6 Å². The lowest BCUT2D eigenvalue weighted by molar-refractivity contribution is 0.0900. The first kappa shape index (κ1) is 15.2. The van der Waals surface area contributed by atoms with Crippen LogP contribution in [0.2, 0.25) is 5.02 Å². The van der Waals surface area contributed by atoms with E-state index < -0.39 is 0 Å². The molecule has 3 nitrogen and oxygen atoms in total. The van der Waals surface area contributed by atoms with E-state index in [9.17, 15) is 4.79 Å². The Morgan fingerprint density at radius 1 is 1.18 bits per heavy atom. The Morgan fingerprint density at radius 3 is 2.68 bits per heavy atom. The fourth-order valence-corrected chi connectivity index (χ4v) is 3.24. The number of hydrogen-bond acceptors (Lipinski definition) is 2. The summed E-state index contributed by atoms with van der Waals surface area (Å²) in [6.45, 7) is 1.98. The summed E-state index contributed by atoms with van der Waals surface area (Å²) in [5.74, 6) is 0.947. The van der Waals surface area contributed by atoms with Crippen LogP contribution in [0.15, 0.2) is 34.7 Å². The fraction of sp³-hybridized carbons (Fsp3) is 0.389. The third-order valence-electron chi connectivity index (χ3n) is 4.22. The molecule has 1 aliphatic rings. The monoisotopic (exact) mass is 317 g/mol. The second kappa shape index (κ2) is 6.57. The van der Waals surface area contributed by atoms with E-state index in [1.165, 1.54) is 19.3 Å². The molecule has 0 aliphatic heterocycles. The van der Waals surface area contributed by atoms with Crippen molar-refractivity contribution in [2.75, 3.05) is 0 Å². The zero-order chi connectivity index (χ0) is 15.5. The normalized spacial score (nSPS) is 15.7. The largest absolute Gasteiger partial charge is 0.451 e. The van der Waals surface area contributed by atoms with Gasteiger partial charge in [0.1, 0.15) is 5.76 Å². The molecular weight excluding hydrogens is 298 g/mol. The molecule has 3 rings (SSSR count). The average Bonchev–Trinajstić information content (AvgIpc) is 2.98. The van der Waals surface area contributed by atoms with Gasteiger partial charge in [-0.25, -0.2) is 0 Å². The first-order valence-corrected chi connectivity index (χ1v) is 8.18. The predicted octanol–water partition coefficient (Wildman–Crippen LogP) is 4.97. The van der Waals surface area contributed by atoms with Crippen molar-refractivity contribution in [3.63, 3.8) is 0 Å². The van der Waals surface area contributed by atoms with Crippen LogP contribution in [0.25, 0.3) is 11.3 Å². The second-order valence-corrected chi connectivity index (χ2v) is 6.37. The van der Waals surface area contributed by atoms with Crippen LogP contribution in [0, 0.1) is 6.92 Å². The Labute approximate surface area is 135 Å². The Kier molecular flexibility index (Phi) is 4.53. The highest BCUT2D eigenvalue weighted by molar-refractivity contribution is 6.30. The minimum Gasteiger partial charge on any atom is -0.451 e. The van der Waals surface area contributed by atoms with Gasteiger partial charge in [0.15, 0.2) is 5.76 Å². The number of amides is 1. The molecule has 0 spiro atoms. The molecule has 1 heterocycles. The molecule has 0 unspecified atom stereocenters. The molecule has 1 saturated carbocycles. The minimum atomic E-state index is -0.121. The Morgan fingerprint density at radius 2 is 1.95 bits per heavy atom. The van der Waals surface area contributed by atoms with Gasteiger partial charge in [0.25, 0.3) is 5.91 Å². The van der Waals surface area contributed by atoms with Crippen LogP contribution in [-0.2, 0) is 0 Å². The third kappa shape index (κ3) is 3.36. The number of furan rings is 1. The lowest BCUT2D eigenvalue weighted by Gasteiger charge is -2.22. The van der Waals surface area contributed by atoms with Crippen LogP contribution in [0.5, 0.6) is 0 Å². The van der Waals surface area contributed by atoms with E-state index in [1.807, 2.05) is 31.2 Å². The molecule has 22 heavy (non-hydrogen) atoms. The number of rotatable bonds is 3. The maximum atomic E-state index is 12.3. The topological polar surface area (TPSA) is 42.2 Å². The van der Waals surface area contributed by atoms with Crippen molar-refractivity contribution in [3.8, 4) is 11.3 Å². The predicted molar refractivity (Wildman–Crippen MR) is 88.2 cm³/mol. The van der Waals surface area contributed by atoms with Crippen LogP contribution in [-0.4, -0.2) is 11.9 Å². The summed E-state index contributed by atoms with van der Waals surface area (Å²) in [6.07, 6.45) is 5.79. The van der Waals surface area contributed by atoms with E-state index >= 15 is 0 Å². The molecule has 1 aromatic heterocycles. The molecule has 0 saturated heterocycles. The summed E-state index contributed by atoms with van der Waals surface area (Å²) < 4.78 is 5.74. The Hall–Kier alpha value is -1.74. The maximum Gasteiger partial charge on any atom is 0.287 e. The van der Waals surface area contributed by atoms with Crippen molar-refractivity contribution in [2.24, 2.45) is 0 Å². The number of benzene rings is 1. The summed E-state index contributed by atoms with van der Waals surface area (Å²) in [5, 5.41) is 3.77. The second-order valence-electron chi connectivity index (χ2n) is 5.93. The molecule has 0 atom stereocenters. The number of carbonyl (C=O) groups is 1. The molecule has 1 aromatic carbocycles. The lowest BCUT2D eigenvalue weighted by atomic mass is 9.95. The molecule has 1 N–H and O–H groups in total. The van der Waals surface area contributed by atoms with Crippen LogP contribution in [0.4, 0.5) is 0 Å². The van der Waals surface area contributed by atoms with Crippen LogP contribution < -0.4 is 5.32 Å². The molecule has 1 aliphatic carbocycles. The highest BCUT2D eigenvalue weighted by Crippen LogP contribution is 2.28. The Balaban J connectivity index is 1.73. The summed E-state index contributed by atoms with van der Waals surface area (Å²) in [6, 6.07) is 9.49. The van der Waals surface area contributed by atoms with Crippen molar-refractivity contribution in [2.45, 2.75) is 45.1 Å². The molecule has 0 radical (unpaired) electrons. The quantitative estimate of drug-likeness (QED) is 0.868. The van der Waals surface area contributed by atoms with E-state index in [2.05, 4.69) is 5.32 Å². The van der Waals surface area contributed by atoms with E-state index in [0.29, 0.717) is 16.5 Å². The van der Waals surface area contributed by atoms with Crippen LogP contribution in [0.3, 0.4) is 0 Å². The molecular formula is C18H20ClNO2. The summed E-state index contributed by atoms with van der Waals surface area (Å²) in [5.41, 5.74) is 1.99. The standard InChI is InChI=1S/C18H20ClNO2/c1-12-11-13(19)7-8-15(12)16-9-10-17(22-16)18(21)20-14-5-3-2-4-6-14/h7-11,14H,2-6H2,1H3,(H,20,21). The average molecular weight is 318 g/mol. The van der Waals surface area contributed by atoms with Gasteiger partial charge in [-0.1, -0.05) is 30.9 Å². The van der Waals surface area contributed by atoms with Crippen molar-refractivity contribution >= 4 is 17.5 Å². The van der Waals surface area contributed by atoms with Gasteiger partial charge in [-0.15, -0.1) is 0 Å². The zero-order valence-corrected chi connectivity index (χ0v) is 13.5. The molecule has 4 heteroatoms. The lowest BCUT2D eigenvalue weighted by Crippen LogP contribution is -2.35. The van der Waals surface area contributed by atoms with Gasteiger partial charge in [-0.2, -0.15) is 0 Å². The van der Waals surface area contributed by atoms with E-state index in [-0.39, 0.29) is 11.9 Å². The third-order valence-corrected chi connectivity index (χ3v) is 4.46. The van der Waals surface area contributed by atoms with Gasteiger partial charge < -0.3 is 9.73 Å². The van der Waals surface area contributed by atoms with Crippen molar-refractivity contribution < 1.29 is 9.21 Å². The van der Waals surface area contributed by atoms with E-state index in [4.69, 9.17) is 16.0 Å². The van der Waals surface area contributed by atoms with Gasteiger partial charge in [0.2, 0.25) is 0 Å². The van der Waals surface area contributed by atoms with Crippen LogP contribution in [0.1, 0.15) is 48.2 Å². The summed E-state index contributed by atoms with van der Waals surface area (Å²) in [7, 11) is 0. The van der Waals surface area contributed by atoms with Gasteiger partial charge in [-0.05, 0) is 55.7 Å². The molecule has 2 aromatic rings. The highest BCUT2D eigenvalue weighted by atomic mass is 35.5. The number of hydrogen-bond donors (Lipinski definition) is 1. The van der Waals surface area contributed by atoms with Gasteiger partial charge in [0, 0.05) is 16.6 Å². The molecule has 116 valence electrons. The van der Waals surface area contributed by atoms with E-state index in [1.54, 1.807) is 6.07 Å². The Bertz CT molecular complexity index is 671. The zero-order valence-electron chi connectivity index (χ0n) is 12.7. The summed E-state index contributed by atoms with van der Waals surface area (Å²) >= 11 is 5.97. The van der Waals surface area contributed by atoms with Crippen molar-refractivity contribution in [1.82, 2.24) is 5.32 Å². The van der Waals surface area contributed by atoms with Crippen molar-refractivity contribution in [3.05, 3.63) is 46.7 Å². The number of nitrogens with one attached hydrogen (secondary N) is 1. The first-order chi connectivity index (χ1) is 10.6. The van der Waals surface area contributed by atoms with Gasteiger partial charge in [0.05, 0.1) is 0 Å². The maximum absolute atomic E-state index is 12.3. The molecule has 1 fully saturated rings. The SMILES string of the molecule is Cc1cc(Cl)ccc1-c1ccc(C(=O)NC2CCCCC2)o1. The highest BCUT2D eigenvalue weighted by Gasteiger charge is 2.19. The van der Waals surface area contributed by atoms with Crippen molar-refractivity contribution in [1.29, 1.82) is 0 Å². The molecule has 0 bridgehead atoms. The number of halogens is 1. The number of carbonyl (C=O) groups excluding carboxylic acids is 1.